The molecule has 2 aromatic rings. The highest BCUT2D eigenvalue weighted by Crippen LogP contribution is 2.31. The number of carbonyl (C=O) groups is 3. The van der Waals surface area contributed by atoms with Crippen LogP contribution in [-0.4, -0.2) is 35.2 Å². The van der Waals surface area contributed by atoms with Gasteiger partial charge < -0.3 is 15.5 Å². The van der Waals surface area contributed by atoms with Gasteiger partial charge in [0.2, 0.25) is 5.91 Å². The minimum atomic E-state index is -0.477. The van der Waals surface area contributed by atoms with Gasteiger partial charge in [-0.1, -0.05) is 29.3 Å². The van der Waals surface area contributed by atoms with E-state index in [0.29, 0.717) is 29.9 Å². The minimum absolute atomic E-state index is 0.162. The number of hydrogen-bond donors (Lipinski definition) is 2. The zero-order valence-electron chi connectivity index (χ0n) is 14.1. The van der Waals surface area contributed by atoms with Crippen molar-refractivity contribution in [1.29, 1.82) is 0 Å². The SMILES string of the molecule is O=C(Nc1ccc2c(c1)C(=O)N1CCC[C@H]1C(=O)N2)c1c(Cl)cccc1Cl. The van der Waals surface area contributed by atoms with E-state index in [2.05, 4.69) is 10.6 Å². The van der Waals surface area contributed by atoms with E-state index in [-0.39, 0.29) is 27.4 Å². The molecule has 2 aliphatic heterocycles. The molecule has 6 nitrogen and oxygen atoms in total. The molecule has 8 heteroatoms. The quantitative estimate of drug-likeness (QED) is 0.799. The third-order valence-electron chi connectivity index (χ3n) is 4.77. The number of benzene rings is 2. The van der Waals surface area contributed by atoms with Crippen LogP contribution in [-0.2, 0) is 4.79 Å². The van der Waals surface area contributed by atoms with Crippen molar-refractivity contribution < 1.29 is 14.4 Å². The second-order valence-electron chi connectivity index (χ2n) is 6.46. The summed E-state index contributed by atoms with van der Waals surface area (Å²) >= 11 is 12.1. The van der Waals surface area contributed by atoms with Crippen LogP contribution < -0.4 is 10.6 Å². The van der Waals surface area contributed by atoms with Crippen molar-refractivity contribution in [3.05, 3.63) is 57.6 Å². The molecule has 0 saturated carbocycles. The molecule has 2 N–H and O–H groups in total. The van der Waals surface area contributed by atoms with Gasteiger partial charge >= 0.3 is 0 Å². The highest BCUT2D eigenvalue weighted by molar-refractivity contribution is 6.40. The molecular formula is C19H15Cl2N3O3. The number of halogens is 2. The minimum Gasteiger partial charge on any atom is -0.327 e. The average molecular weight is 404 g/mol. The van der Waals surface area contributed by atoms with Gasteiger partial charge in [0.1, 0.15) is 6.04 Å². The Morgan fingerprint density at radius 2 is 1.89 bits per heavy atom. The van der Waals surface area contributed by atoms with Crippen LogP contribution in [0.2, 0.25) is 10.0 Å². The van der Waals surface area contributed by atoms with E-state index in [1.54, 1.807) is 41.3 Å². The molecule has 0 unspecified atom stereocenters. The van der Waals surface area contributed by atoms with E-state index in [9.17, 15) is 14.4 Å². The number of fused-ring (bicyclic) bond motifs is 2. The maximum absolute atomic E-state index is 12.9. The molecule has 4 rings (SSSR count). The molecule has 0 spiro atoms. The van der Waals surface area contributed by atoms with Crippen molar-refractivity contribution in [3.8, 4) is 0 Å². The number of rotatable bonds is 2. The fourth-order valence-corrected chi connectivity index (χ4v) is 4.04. The van der Waals surface area contributed by atoms with Crippen LogP contribution in [0.25, 0.3) is 0 Å². The largest absolute Gasteiger partial charge is 0.327 e. The predicted molar refractivity (Wildman–Crippen MR) is 104 cm³/mol. The maximum atomic E-state index is 12.9. The standard InChI is InChI=1S/C19H15Cl2N3O3/c20-12-3-1-4-13(21)16(12)18(26)22-10-6-7-14-11(9-10)19(27)24-8-2-5-15(24)17(25)23-14/h1,3-4,6-7,9,15H,2,5,8H2,(H,22,26)(H,23,25)/t15-/m0/s1. The predicted octanol–water partition coefficient (Wildman–Crippen LogP) is 3.80. The van der Waals surface area contributed by atoms with Crippen molar-refractivity contribution in [1.82, 2.24) is 4.90 Å². The Bertz CT molecular complexity index is 956. The molecule has 2 heterocycles. The van der Waals surface area contributed by atoms with Gasteiger partial charge in [0.15, 0.2) is 0 Å². The summed E-state index contributed by atoms with van der Waals surface area (Å²) in [6, 6.07) is 9.14. The summed E-state index contributed by atoms with van der Waals surface area (Å²) in [4.78, 5) is 39.3. The van der Waals surface area contributed by atoms with Crippen molar-refractivity contribution >= 4 is 52.3 Å². The van der Waals surface area contributed by atoms with Gasteiger partial charge in [-0.25, -0.2) is 0 Å². The van der Waals surface area contributed by atoms with E-state index >= 15 is 0 Å². The molecule has 0 aliphatic carbocycles. The maximum Gasteiger partial charge on any atom is 0.258 e. The number of nitrogens with one attached hydrogen (secondary N) is 2. The summed E-state index contributed by atoms with van der Waals surface area (Å²) in [5.74, 6) is -0.883. The van der Waals surface area contributed by atoms with Gasteiger partial charge in [-0.3, -0.25) is 14.4 Å². The smallest absolute Gasteiger partial charge is 0.258 e. The van der Waals surface area contributed by atoms with E-state index in [0.717, 1.165) is 6.42 Å². The van der Waals surface area contributed by atoms with E-state index in [4.69, 9.17) is 23.2 Å². The Morgan fingerprint density at radius 3 is 2.63 bits per heavy atom. The Morgan fingerprint density at radius 1 is 1.15 bits per heavy atom. The molecule has 1 fully saturated rings. The molecule has 0 aromatic heterocycles. The van der Waals surface area contributed by atoms with E-state index < -0.39 is 11.9 Å². The highest BCUT2D eigenvalue weighted by atomic mass is 35.5. The lowest BCUT2D eigenvalue weighted by Gasteiger charge is -2.20. The molecule has 0 bridgehead atoms. The first kappa shape index (κ1) is 17.8. The summed E-state index contributed by atoms with van der Waals surface area (Å²) in [5, 5.41) is 5.98. The van der Waals surface area contributed by atoms with Gasteiger partial charge in [0, 0.05) is 12.2 Å². The van der Waals surface area contributed by atoms with E-state index in [1.165, 1.54) is 0 Å². The topological polar surface area (TPSA) is 78.5 Å². The summed E-state index contributed by atoms with van der Waals surface area (Å²) < 4.78 is 0. The van der Waals surface area contributed by atoms with Crippen LogP contribution in [0, 0.1) is 0 Å². The lowest BCUT2D eigenvalue weighted by molar-refractivity contribution is -0.119. The van der Waals surface area contributed by atoms with Crippen LogP contribution in [0.1, 0.15) is 33.6 Å². The van der Waals surface area contributed by atoms with Crippen LogP contribution in [0.5, 0.6) is 0 Å². The zero-order chi connectivity index (χ0) is 19.1. The molecule has 1 saturated heterocycles. The van der Waals surface area contributed by atoms with Crippen LogP contribution >= 0.6 is 23.2 Å². The lowest BCUT2D eigenvalue weighted by Crippen LogP contribution is -2.40. The van der Waals surface area contributed by atoms with Crippen LogP contribution in [0.4, 0.5) is 11.4 Å². The van der Waals surface area contributed by atoms with Crippen LogP contribution in [0.15, 0.2) is 36.4 Å². The van der Waals surface area contributed by atoms with Gasteiger partial charge in [-0.15, -0.1) is 0 Å². The molecule has 0 radical (unpaired) electrons. The second-order valence-corrected chi connectivity index (χ2v) is 7.27. The lowest BCUT2D eigenvalue weighted by atomic mass is 10.1. The molecule has 2 aliphatic rings. The highest BCUT2D eigenvalue weighted by Gasteiger charge is 2.38. The van der Waals surface area contributed by atoms with Gasteiger partial charge in [0.25, 0.3) is 11.8 Å². The molecule has 27 heavy (non-hydrogen) atoms. The Hall–Kier alpha value is -2.57. The summed E-state index contributed by atoms with van der Waals surface area (Å²) in [7, 11) is 0. The Balaban J connectivity index is 1.65. The van der Waals surface area contributed by atoms with Gasteiger partial charge in [-0.05, 0) is 43.2 Å². The first-order chi connectivity index (χ1) is 13.0. The van der Waals surface area contributed by atoms with Crippen molar-refractivity contribution in [2.45, 2.75) is 18.9 Å². The van der Waals surface area contributed by atoms with Crippen molar-refractivity contribution in [2.24, 2.45) is 0 Å². The third kappa shape index (κ3) is 3.15. The Kier molecular flexibility index (Phi) is 4.53. The first-order valence-corrected chi connectivity index (χ1v) is 9.22. The zero-order valence-corrected chi connectivity index (χ0v) is 15.6. The fraction of sp³-hybridized carbons (Fsp3) is 0.211. The van der Waals surface area contributed by atoms with Crippen molar-refractivity contribution in [3.63, 3.8) is 0 Å². The summed E-state index contributed by atoms with van der Waals surface area (Å²) in [6.45, 7) is 0.544. The van der Waals surface area contributed by atoms with Crippen molar-refractivity contribution in [2.75, 3.05) is 17.2 Å². The second kappa shape index (κ2) is 6.87. The number of hydrogen-bond acceptors (Lipinski definition) is 3. The molecule has 138 valence electrons. The first-order valence-electron chi connectivity index (χ1n) is 8.47. The number of carbonyl (C=O) groups excluding carboxylic acids is 3. The summed E-state index contributed by atoms with van der Waals surface area (Å²) in [6.07, 6.45) is 1.45. The third-order valence-corrected chi connectivity index (χ3v) is 5.40. The number of anilines is 2. The normalized spacial score (nSPS) is 18.4. The molecule has 1 atom stereocenters. The number of amides is 3. The average Bonchev–Trinajstić information content (AvgIpc) is 3.09. The Labute approximate surface area is 165 Å². The van der Waals surface area contributed by atoms with Gasteiger partial charge in [0.05, 0.1) is 26.9 Å². The number of nitrogens with zero attached hydrogens (tertiary/aromatic N) is 1. The fourth-order valence-electron chi connectivity index (χ4n) is 3.47. The molecular weight excluding hydrogens is 389 g/mol. The molecule has 2 aromatic carbocycles. The molecule has 3 amide bonds. The monoisotopic (exact) mass is 403 g/mol. The van der Waals surface area contributed by atoms with Crippen LogP contribution in [0.3, 0.4) is 0 Å². The summed E-state index contributed by atoms with van der Waals surface area (Å²) in [5.41, 5.74) is 1.36. The van der Waals surface area contributed by atoms with Gasteiger partial charge in [-0.2, -0.15) is 0 Å². The van der Waals surface area contributed by atoms with E-state index in [1.807, 2.05) is 0 Å².